The van der Waals surface area contributed by atoms with Crippen molar-refractivity contribution in [3.8, 4) is 0 Å². The van der Waals surface area contributed by atoms with E-state index in [-0.39, 0.29) is 0 Å². The second kappa shape index (κ2) is 14.7. The molecule has 0 heterocycles. The van der Waals surface area contributed by atoms with E-state index in [9.17, 15) is 0 Å². The first kappa shape index (κ1) is 15.6. The zero-order chi connectivity index (χ0) is 10.5. The summed E-state index contributed by atoms with van der Waals surface area (Å²) in [5.41, 5.74) is 0. The van der Waals surface area contributed by atoms with Crippen LogP contribution in [0.3, 0.4) is 0 Å². The second-order valence-corrected chi connectivity index (χ2v) is 4.07. The van der Waals surface area contributed by atoms with Gasteiger partial charge in [-0.3, -0.25) is 0 Å². The van der Waals surface area contributed by atoms with Crippen LogP contribution in [-0.4, -0.2) is 10.4 Å². The molecule has 0 spiro atoms. The van der Waals surface area contributed by atoms with E-state index in [1.807, 2.05) is 0 Å². The van der Waals surface area contributed by atoms with Gasteiger partial charge < -0.3 is 5.41 Å². The summed E-state index contributed by atoms with van der Waals surface area (Å²) in [5.74, 6) is 0. The maximum Gasteiger partial charge on any atom is 0.113 e. The van der Waals surface area contributed by atoms with E-state index < -0.39 is 0 Å². The molecule has 0 aliphatic carbocycles. The molecule has 0 amide bonds. The van der Waals surface area contributed by atoms with E-state index in [1.165, 1.54) is 43.7 Å². The third-order valence-electron chi connectivity index (χ3n) is 1.79. The Morgan fingerprint density at radius 2 is 1.77 bits per heavy atom. The molecule has 78 valence electrons. The first-order chi connectivity index (χ1) is 6.22. The Balaban J connectivity index is 0. The van der Waals surface area contributed by atoms with Crippen LogP contribution in [0.4, 0.5) is 0 Å². The molecule has 1 nitrogen and oxygen atoms in total. The fourth-order valence-corrected chi connectivity index (χ4v) is 1.63. The van der Waals surface area contributed by atoms with Gasteiger partial charge in [0.15, 0.2) is 0 Å². The molecule has 0 bridgehead atoms. The van der Waals surface area contributed by atoms with Crippen LogP contribution < -0.4 is 0 Å². The summed E-state index contributed by atoms with van der Waals surface area (Å²) in [5, 5.41) is 9.24. The van der Waals surface area contributed by atoms with Crippen molar-refractivity contribution in [2.45, 2.75) is 57.6 Å². The molecule has 0 aromatic rings. The zero-order valence-corrected chi connectivity index (χ0v) is 10.5. The Labute approximate surface area is 93.2 Å². The summed E-state index contributed by atoms with van der Waals surface area (Å²) in [6, 6.07) is 0. The van der Waals surface area contributed by atoms with E-state index in [0.717, 1.165) is 5.25 Å². The van der Waals surface area contributed by atoms with Crippen molar-refractivity contribution in [1.29, 1.82) is 0 Å². The second-order valence-electron chi connectivity index (χ2n) is 3.07. The van der Waals surface area contributed by atoms with Crippen LogP contribution in [-0.2, 0) is 12.6 Å². The van der Waals surface area contributed by atoms with E-state index in [0.29, 0.717) is 0 Å². The number of thiocarbonyl (C=S) groups is 1. The van der Waals surface area contributed by atoms with Crippen molar-refractivity contribution in [3.63, 3.8) is 0 Å². The zero-order valence-electron chi connectivity index (χ0n) is 8.68. The van der Waals surface area contributed by atoms with E-state index in [4.69, 9.17) is 5.41 Å². The van der Waals surface area contributed by atoms with Gasteiger partial charge in [0.2, 0.25) is 0 Å². The molecule has 0 radical (unpaired) electrons. The van der Waals surface area contributed by atoms with Gasteiger partial charge in [0.1, 0.15) is 5.25 Å². The molecular formula is C10H21NS2. The number of rotatable bonds is 6. The molecule has 0 aromatic carbocycles. The molecule has 3 heteroatoms. The van der Waals surface area contributed by atoms with Crippen molar-refractivity contribution in [1.82, 2.24) is 0 Å². The van der Waals surface area contributed by atoms with E-state index in [1.54, 1.807) is 0 Å². The molecule has 1 atom stereocenters. The van der Waals surface area contributed by atoms with Gasteiger partial charge in [0, 0.05) is 0 Å². The summed E-state index contributed by atoms with van der Waals surface area (Å²) in [4.78, 5) is 0. The molecule has 1 unspecified atom stereocenters. The lowest BCUT2D eigenvalue weighted by Gasteiger charge is -2.01. The average Bonchev–Trinajstić information content (AvgIpc) is 2.07. The van der Waals surface area contributed by atoms with Crippen LogP contribution in [0.2, 0.25) is 0 Å². The standard InChI is InChI=1S/C9H20S.CNS/c1-3-5-6-8-9(10)7-4-2;2-1-3/h9-10H,3-8H2,1-2H3;/q;-1/p+1. The van der Waals surface area contributed by atoms with Crippen molar-refractivity contribution >= 4 is 30.0 Å². The number of nitrogens with zero attached hydrogens (tertiary/aromatic N) is 1. The third-order valence-corrected chi connectivity index (χ3v) is 2.37. The van der Waals surface area contributed by atoms with Gasteiger partial charge in [0.25, 0.3) is 0 Å². The molecule has 0 rings (SSSR count). The SMILES string of the molecule is CCCCCC([SH2+])CCC.[N-]=C=S. The van der Waals surface area contributed by atoms with Crippen molar-refractivity contribution < 1.29 is 0 Å². The lowest BCUT2D eigenvalue weighted by Crippen LogP contribution is -2.01. The van der Waals surface area contributed by atoms with E-state index in [2.05, 4.69) is 38.7 Å². The predicted octanol–water partition coefficient (Wildman–Crippen LogP) is 3.41. The maximum atomic E-state index is 7.13. The summed E-state index contributed by atoms with van der Waals surface area (Å²) in [6.45, 7) is 4.50. The van der Waals surface area contributed by atoms with Crippen LogP contribution in [0.1, 0.15) is 52.4 Å². The fraction of sp³-hybridized carbons (Fsp3) is 0.900. The van der Waals surface area contributed by atoms with Crippen LogP contribution >= 0.6 is 12.2 Å². The highest BCUT2D eigenvalue weighted by atomic mass is 32.1. The number of hydrogen-bond donors (Lipinski definition) is 0. The number of isothiocyanates is 1. The first-order valence-corrected chi connectivity index (χ1v) is 5.93. The van der Waals surface area contributed by atoms with Gasteiger partial charge >= 0.3 is 0 Å². The quantitative estimate of drug-likeness (QED) is 0.290. The lowest BCUT2D eigenvalue weighted by atomic mass is 10.1. The highest BCUT2D eigenvalue weighted by molar-refractivity contribution is 7.78. The Hall–Kier alpha value is 0.150. The summed E-state index contributed by atoms with van der Waals surface area (Å²) in [7, 11) is 0. The van der Waals surface area contributed by atoms with Crippen molar-refractivity contribution in [2.75, 3.05) is 0 Å². The minimum atomic E-state index is 0.775. The average molecular weight is 219 g/mol. The molecule has 0 aromatic heterocycles. The molecule has 13 heavy (non-hydrogen) atoms. The van der Waals surface area contributed by atoms with Crippen molar-refractivity contribution in [3.05, 3.63) is 5.41 Å². The lowest BCUT2D eigenvalue weighted by molar-refractivity contribution is 0.616. The smallest absolute Gasteiger partial charge is 0.113 e. The monoisotopic (exact) mass is 219 g/mol. The van der Waals surface area contributed by atoms with Gasteiger partial charge in [-0.1, -0.05) is 45.3 Å². The van der Waals surface area contributed by atoms with Crippen LogP contribution in [0.25, 0.3) is 5.41 Å². The summed E-state index contributed by atoms with van der Waals surface area (Å²) in [6.07, 6.45) is 8.12. The molecule has 0 aliphatic rings. The van der Waals surface area contributed by atoms with Gasteiger partial charge in [0.05, 0.1) is 0 Å². The fourth-order valence-electron chi connectivity index (χ4n) is 1.13. The molecule has 0 saturated carbocycles. The number of hydrogen-bond acceptors (Lipinski definition) is 1. The molecule has 0 N–H and O–H groups in total. The van der Waals surface area contributed by atoms with Gasteiger partial charge in [-0.15, -0.1) is 0 Å². The Kier molecular flexibility index (Phi) is 17.6. The van der Waals surface area contributed by atoms with Gasteiger partial charge in [-0.25, -0.2) is 0 Å². The molecule has 0 fully saturated rings. The molecular weight excluding hydrogens is 198 g/mol. The highest BCUT2D eigenvalue weighted by Gasteiger charge is 2.05. The Morgan fingerprint density at radius 3 is 2.15 bits per heavy atom. The third kappa shape index (κ3) is 18.8. The Bertz CT molecular complexity index is 120. The van der Waals surface area contributed by atoms with Crippen LogP contribution in [0.5, 0.6) is 0 Å². The van der Waals surface area contributed by atoms with Gasteiger partial charge in [-0.2, -0.15) is 5.16 Å². The minimum absolute atomic E-state index is 0.775. The van der Waals surface area contributed by atoms with Gasteiger partial charge in [-0.05, 0) is 31.9 Å². The normalized spacial score (nSPS) is 11.0. The summed E-state index contributed by atoms with van der Waals surface area (Å²) < 4.78 is 0. The highest BCUT2D eigenvalue weighted by Crippen LogP contribution is 2.08. The molecule has 0 saturated heterocycles. The van der Waals surface area contributed by atoms with Crippen LogP contribution in [0, 0.1) is 0 Å². The van der Waals surface area contributed by atoms with Crippen LogP contribution in [0.15, 0.2) is 0 Å². The first-order valence-electron chi connectivity index (χ1n) is 4.95. The molecule has 0 aliphatic heterocycles. The summed E-state index contributed by atoms with van der Waals surface area (Å²) >= 11 is 7.42. The minimum Gasteiger partial charge on any atom is -0.753 e. The predicted molar refractivity (Wildman–Crippen MR) is 69.0 cm³/mol. The van der Waals surface area contributed by atoms with Crippen molar-refractivity contribution in [2.24, 2.45) is 0 Å². The topological polar surface area (TPSA) is 22.3 Å². The number of unbranched alkanes of at least 4 members (excludes halogenated alkanes) is 2. The maximum absolute atomic E-state index is 7.13. The largest absolute Gasteiger partial charge is 0.753 e. The Morgan fingerprint density at radius 1 is 1.23 bits per heavy atom. The van der Waals surface area contributed by atoms with E-state index >= 15 is 0 Å².